The molecule has 0 aromatic heterocycles. The highest BCUT2D eigenvalue weighted by atomic mass is 16.1. The molecule has 0 aromatic rings. The van der Waals surface area contributed by atoms with Crippen LogP contribution < -0.4 is 0 Å². The number of rotatable bonds is 2. The number of carbonyl (C=O) groups excluding carboxylic acids is 2. The van der Waals surface area contributed by atoms with E-state index in [1.165, 1.54) is 0 Å². The van der Waals surface area contributed by atoms with E-state index in [1.807, 2.05) is 26.0 Å². The van der Waals surface area contributed by atoms with Gasteiger partial charge in [-0.1, -0.05) is 32.1 Å². The lowest BCUT2D eigenvalue weighted by Crippen LogP contribution is -2.25. The van der Waals surface area contributed by atoms with E-state index < -0.39 is 0 Å². The van der Waals surface area contributed by atoms with Crippen LogP contribution in [0.25, 0.3) is 0 Å². The summed E-state index contributed by atoms with van der Waals surface area (Å²) < 4.78 is 0. The van der Waals surface area contributed by atoms with Crippen LogP contribution in [0.1, 0.15) is 33.1 Å². The summed E-state index contributed by atoms with van der Waals surface area (Å²) in [5.41, 5.74) is 0.672. The summed E-state index contributed by atoms with van der Waals surface area (Å²) in [6.07, 6.45) is 7.37. The first-order chi connectivity index (χ1) is 6.66. The standard InChI is InChI=1S/C12H16O2/c1-3-4-5-6-10-9(2)11(13)7-8-12(10)14/h4-6,9H,3,7-8H2,1-2H3/b5-4-,10-6+. The predicted molar refractivity (Wildman–Crippen MR) is 55.9 cm³/mol. The normalized spacial score (nSPS) is 26.4. The smallest absolute Gasteiger partial charge is 0.160 e. The fourth-order valence-electron chi connectivity index (χ4n) is 1.56. The number of hydrogen-bond donors (Lipinski definition) is 0. The van der Waals surface area contributed by atoms with Crippen LogP contribution in [0.3, 0.4) is 0 Å². The first-order valence-corrected chi connectivity index (χ1v) is 5.09. The van der Waals surface area contributed by atoms with Gasteiger partial charge in [0.05, 0.1) is 0 Å². The van der Waals surface area contributed by atoms with Crippen molar-refractivity contribution in [1.82, 2.24) is 0 Å². The molecular weight excluding hydrogens is 176 g/mol. The van der Waals surface area contributed by atoms with Gasteiger partial charge in [0.1, 0.15) is 5.78 Å². The predicted octanol–water partition coefficient (Wildman–Crippen LogP) is 2.45. The first kappa shape index (κ1) is 10.9. The van der Waals surface area contributed by atoms with Crippen molar-refractivity contribution in [2.75, 3.05) is 0 Å². The van der Waals surface area contributed by atoms with Gasteiger partial charge in [0.2, 0.25) is 0 Å². The molecule has 0 amide bonds. The van der Waals surface area contributed by atoms with Crippen molar-refractivity contribution >= 4 is 11.6 Å². The van der Waals surface area contributed by atoms with Crippen LogP contribution in [0.2, 0.25) is 0 Å². The molecule has 0 spiro atoms. The third-order valence-electron chi connectivity index (χ3n) is 2.52. The molecule has 0 radical (unpaired) electrons. The van der Waals surface area contributed by atoms with Gasteiger partial charge in [-0.05, 0) is 6.42 Å². The van der Waals surface area contributed by atoms with Gasteiger partial charge in [-0.3, -0.25) is 9.59 Å². The zero-order valence-corrected chi connectivity index (χ0v) is 8.75. The Labute approximate surface area is 84.7 Å². The van der Waals surface area contributed by atoms with Crippen molar-refractivity contribution in [3.63, 3.8) is 0 Å². The lowest BCUT2D eigenvalue weighted by Gasteiger charge is -2.18. The van der Waals surface area contributed by atoms with E-state index in [4.69, 9.17) is 0 Å². The lowest BCUT2D eigenvalue weighted by atomic mass is 9.83. The van der Waals surface area contributed by atoms with Crippen molar-refractivity contribution in [2.45, 2.75) is 33.1 Å². The Morgan fingerprint density at radius 2 is 2.07 bits per heavy atom. The van der Waals surface area contributed by atoms with Crippen molar-refractivity contribution in [3.05, 3.63) is 23.8 Å². The SMILES string of the molecule is CC/C=C\C=C1\C(=O)CCC(=O)C1C. The summed E-state index contributed by atoms with van der Waals surface area (Å²) in [6, 6.07) is 0. The minimum Gasteiger partial charge on any atom is -0.299 e. The second kappa shape index (κ2) is 4.89. The number of ketones is 2. The number of Topliss-reactive ketones (excluding diaryl/α,β-unsaturated/α-hetero) is 2. The van der Waals surface area contributed by atoms with E-state index in [9.17, 15) is 9.59 Å². The van der Waals surface area contributed by atoms with Crippen LogP contribution in [0, 0.1) is 5.92 Å². The van der Waals surface area contributed by atoms with Crippen molar-refractivity contribution < 1.29 is 9.59 Å². The van der Waals surface area contributed by atoms with Gasteiger partial charge in [-0.25, -0.2) is 0 Å². The molecule has 14 heavy (non-hydrogen) atoms. The van der Waals surface area contributed by atoms with Crippen LogP contribution in [-0.2, 0) is 9.59 Å². The molecular formula is C12H16O2. The molecule has 1 aliphatic carbocycles. The van der Waals surface area contributed by atoms with Crippen LogP contribution in [0.5, 0.6) is 0 Å². The average molecular weight is 192 g/mol. The molecule has 0 saturated heterocycles. The fourth-order valence-corrected chi connectivity index (χ4v) is 1.56. The highest BCUT2D eigenvalue weighted by Gasteiger charge is 2.27. The maximum absolute atomic E-state index is 11.5. The molecule has 0 aromatic carbocycles. The summed E-state index contributed by atoms with van der Waals surface area (Å²) in [4.78, 5) is 22.9. The molecule has 0 aliphatic heterocycles. The van der Waals surface area contributed by atoms with Crippen LogP contribution >= 0.6 is 0 Å². The molecule has 76 valence electrons. The van der Waals surface area contributed by atoms with E-state index in [1.54, 1.807) is 6.08 Å². The zero-order chi connectivity index (χ0) is 10.6. The third kappa shape index (κ3) is 2.41. The second-order valence-electron chi connectivity index (χ2n) is 3.57. The molecule has 1 atom stereocenters. The molecule has 2 heteroatoms. The minimum absolute atomic E-state index is 0.123. The molecule has 1 fully saturated rings. The largest absolute Gasteiger partial charge is 0.299 e. The Bertz CT molecular complexity index is 297. The minimum atomic E-state index is -0.210. The van der Waals surface area contributed by atoms with Crippen LogP contribution in [0.4, 0.5) is 0 Å². The monoisotopic (exact) mass is 192 g/mol. The van der Waals surface area contributed by atoms with E-state index >= 15 is 0 Å². The topological polar surface area (TPSA) is 34.1 Å². The van der Waals surface area contributed by atoms with Crippen LogP contribution in [0.15, 0.2) is 23.8 Å². The highest BCUT2D eigenvalue weighted by molar-refractivity contribution is 6.07. The van der Waals surface area contributed by atoms with Crippen molar-refractivity contribution in [1.29, 1.82) is 0 Å². The van der Waals surface area contributed by atoms with E-state index in [0.717, 1.165) is 6.42 Å². The van der Waals surface area contributed by atoms with Gasteiger partial charge in [0, 0.05) is 24.3 Å². The van der Waals surface area contributed by atoms with Crippen molar-refractivity contribution in [2.24, 2.45) is 5.92 Å². The number of allylic oxidation sites excluding steroid dienone is 4. The third-order valence-corrected chi connectivity index (χ3v) is 2.52. The average Bonchev–Trinajstić information content (AvgIpc) is 2.18. The Balaban J connectivity index is 2.82. The molecule has 1 unspecified atom stereocenters. The fraction of sp³-hybridized carbons (Fsp3) is 0.500. The number of hydrogen-bond acceptors (Lipinski definition) is 2. The van der Waals surface area contributed by atoms with Gasteiger partial charge in [-0.2, -0.15) is 0 Å². The summed E-state index contributed by atoms with van der Waals surface area (Å²) in [5.74, 6) is 0.0938. The number of carbonyl (C=O) groups is 2. The van der Waals surface area contributed by atoms with Gasteiger partial charge in [0.25, 0.3) is 0 Å². The Hall–Kier alpha value is -1.18. The molecule has 0 N–H and O–H groups in total. The lowest BCUT2D eigenvalue weighted by molar-refractivity contribution is -0.128. The summed E-state index contributed by atoms with van der Waals surface area (Å²) >= 11 is 0. The Kier molecular flexibility index (Phi) is 3.81. The van der Waals surface area contributed by atoms with Gasteiger partial charge >= 0.3 is 0 Å². The molecule has 1 saturated carbocycles. The van der Waals surface area contributed by atoms with Crippen LogP contribution in [-0.4, -0.2) is 11.6 Å². The first-order valence-electron chi connectivity index (χ1n) is 5.09. The Morgan fingerprint density at radius 1 is 1.36 bits per heavy atom. The molecule has 1 rings (SSSR count). The van der Waals surface area contributed by atoms with Gasteiger partial charge in [0.15, 0.2) is 5.78 Å². The maximum Gasteiger partial charge on any atom is 0.160 e. The van der Waals surface area contributed by atoms with E-state index in [2.05, 4.69) is 0 Å². The maximum atomic E-state index is 11.5. The molecule has 1 aliphatic rings. The Morgan fingerprint density at radius 3 is 2.71 bits per heavy atom. The summed E-state index contributed by atoms with van der Waals surface area (Å²) in [5, 5.41) is 0. The summed E-state index contributed by atoms with van der Waals surface area (Å²) in [6.45, 7) is 3.84. The van der Waals surface area contributed by atoms with Crippen molar-refractivity contribution in [3.8, 4) is 0 Å². The quantitative estimate of drug-likeness (QED) is 0.630. The molecule has 2 nitrogen and oxygen atoms in total. The second-order valence-corrected chi connectivity index (χ2v) is 3.57. The highest BCUT2D eigenvalue weighted by Crippen LogP contribution is 2.23. The van der Waals surface area contributed by atoms with Gasteiger partial charge in [-0.15, -0.1) is 0 Å². The van der Waals surface area contributed by atoms with Gasteiger partial charge < -0.3 is 0 Å². The molecule has 0 bridgehead atoms. The molecule has 0 heterocycles. The van der Waals surface area contributed by atoms with E-state index in [-0.39, 0.29) is 17.5 Å². The zero-order valence-electron chi connectivity index (χ0n) is 8.75. The van der Waals surface area contributed by atoms with E-state index in [0.29, 0.717) is 18.4 Å². The summed E-state index contributed by atoms with van der Waals surface area (Å²) in [7, 11) is 0.